The average Bonchev–Trinajstić information content (AvgIpc) is 2.96. The molecule has 0 spiro atoms. The Morgan fingerprint density at radius 2 is 1.85 bits per heavy atom. The fraction of sp³-hybridized carbons (Fsp3) is 0.455. The molecule has 3 nitrogen and oxygen atoms in total. The predicted molar refractivity (Wildman–Crippen MR) is 112 cm³/mol. The Kier molecular flexibility index (Phi) is 4.26. The Labute approximate surface area is 159 Å². The minimum atomic E-state index is 0.360. The summed E-state index contributed by atoms with van der Waals surface area (Å²) in [6.07, 6.45) is 5.25. The minimum Gasteiger partial charge on any atom is -0.339 e. The number of aromatic nitrogens is 2. The van der Waals surface area contributed by atoms with E-state index >= 15 is 0 Å². The van der Waals surface area contributed by atoms with Gasteiger partial charge in [-0.25, -0.2) is 9.97 Å². The van der Waals surface area contributed by atoms with Crippen LogP contribution in [0, 0.1) is 25.2 Å². The average molecular weight is 366 g/mol. The van der Waals surface area contributed by atoms with E-state index in [1.165, 1.54) is 39.8 Å². The molecular formula is C22H27N3S. The first-order valence-corrected chi connectivity index (χ1v) is 10.2. The van der Waals surface area contributed by atoms with Gasteiger partial charge in [0.1, 0.15) is 17.0 Å². The van der Waals surface area contributed by atoms with Crippen LogP contribution in [-0.2, 0) is 12.8 Å². The summed E-state index contributed by atoms with van der Waals surface area (Å²) < 4.78 is 0. The number of para-hydroxylation sites is 1. The van der Waals surface area contributed by atoms with Gasteiger partial charge in [-0.15, -0.1) is 11.3 Å². The number of aryl methyl sites for hydroxylation is 3. The van der Waals surface area contributed by atoms with Gasteiger partial charge in [0, 0.05) is 10.6 Å². The van der Waals surface area contributed by atoms with Crippen LogP contribution in [0.3, 0.4) is 0 Å². The third-order valence-electron chi connectivity index (χ3n) is 5.79. The van der Waals surface area contributed by atoms with Crippen LogP contribution in [-0.4, -0.2) is 9.97 Å². The van der Waals surface area contributed by atoms with Crippen molar-refractivity contribution in [2.75, 3.05) is 5.32 Å². The summed E-state index contributed by atoms with van der Waals surface area (Å²) in [6.45, 7) is 11.4. The van der Waals surface area contributed by atoms with Crippen LogP contribution < -0.4 is 5.32 Å². The van der Waals surface area contributed by atoms with Crippen LogP contribution in [0.5, 0.6) is 0 Å². The molecule has 1 aromatic carbocycles. The second-order valence-corrected chi connectivity index (χ2v) is 9.69. The lowest BCUT2D eigenvalue weighted by Crippen LogP contribution is -2.26. The minimum absolute atomic E-state index is 0.360. The van der Waals surface area contributed by atoms with Crippen molar-refractivity contribution < 1.29 is 0 Å². The monoisotopic (exact) mass is 365 g/mol. The van der Waals surface area contributed by atoms with Crippen molar-refractivity contribution in [3.63, 3.8) is 0 Å². The molecule has 2 aromatic heterocycles. The van der Waals surface area contributed by atoms with Gasteiger partial charge in [-0.05, 0) is 61.1 Å². The van der Waals surface area contributed by atoms with Crippen LogP contribution in [0.25, 0.3) is 10.2 Å². The van der Waals surface area contributed by atoms with Gasteiger partial charge in [0.2, 0.25) is 0 Å². The van der Waals surface area contributed by atoms with Gasteiger partial charge in [-0.1, -0.05) is 39.0 Å². The summed E-state index contributed by atoms with van der Waals surface area (Å²) in [6, 6.07) is 6.39. The lowest BCUT2D eigenvalue weighted by molar-refractivity contribution is 0.218. The van der Waals surface area contributed by atoms with Crippen LogP contribution in [0.4, 0.5) is 11.5 Å². The molecule has 1 aliphatic carbocycles. The Hall–Kier alpha value is -1.94. The largest absolute Gasteiger partial charge is 0.339 e. The number of anilines is 2. The first kappa shape index (κ1) is 17.5. The summed E-state index contributed by atoms with van der Waals surface area (Å²) in [5.74, 6) is 1.70. The number of thiophene rings is 1. The zero-order valence-corrected chi connectivity index (χ0v) is 17.1. The van der Waals surface area contributed by atoms with Crippen molar-refractivity contribution in [2.24, 2.45) is 11.3 Å². The zero-order valence-electron chi connectivity index (χ0n) is 16.3. The van der Waals surface area contributed by atoms with Crippen molar-refractivity contribution in [1.29, 1.82) is 0 Å². The van der Waals surface area contributed by atoms with Crippen molar-refractivity contribution in [2.45, 2.75) is 53.9 Å². The number of fused-ring (bicyclic) bond motifs is 3. The summed E-state index contributed by atoms with van der Waals surface area (Å²) >= 11 is 1.86. The molecule has 4 rings (SSSR count). The van der Waals surface area contributed by atoms with Gasteiger partial charge in [0.05, 0.1) is 5.39 Å². The van der Waals surface area contributed by atoms with E-state index in [1.54, 1.807) is 6.33 Å². The number of hydrogen-bond donors (Lipinski definition) is 1. The molecule has 26 heavy (non-hydrogen) atoms. The van der Waals surface area contributed by atoms with E-state index in [-0.39, 0.29) is 0 Å². The van der Waals surface area contributed by atoms with E-state index in [0.29, 0.717) is 5.41 Å². The number of nitrogens with zero attached hydrogens (tertiary/aromatic N) is 2. The van der Waals surface area contributed by atoms with Crippen molar-refractivity contribution in [3.8, 4) is 0 Å². The quantitative estimate of drug-likeness (QED) is 0.587. The van der Waals surface area contributed by atoms with Crippen molar-refractivity contribution >= 4 is 33.1 Å². The third-order valence-corrected chi connectivity index (χ3v) is 6.96. The fourth-order valence-corrected chi connectivity index (χ4v) is 5.34. The molecule has 1 aliphatic rings. The molecule has 0 bridgehead atoms. The Morgan fingerprint density at radius 1 is 1.12 bits per heavy atom. The lowest BCUT2D eigenvalue weighted by atomic mass is 9.72. The summed E-state index contributed by atoms with van der Waals surface area (Å²) in [5, 5.41) is 4.86. The van der Waals surface area contributed by atoms with Crippen molar-refractivity contribution in [1.82, 2.24) is 9.97 Å². The number of benzene rings is 1. The molecule has 0 amide bonds. The van der Waals surface area contributed by atoms with Crippen LogP contribution in [0.15, 0.2) is 24.5 Å². The highest BCUT2D eigenvalue weighted by Crippen LogP contribution is 2.44. The van der Waals surface area contributed by atoms with E-state index < -0.39 is 0 Å². The maximum absolute atomic E-state index is 4.62. The molecule has 1 N–H and O–H groups in total. The molecule has 1 unspecified atom stereocenters. The van der Waals surface area contributed by atoms with E-state index in [0.717, 1.165) is 28.7 Å². The van der Waals surface area contributed by atoms with Gasteiger partial charge >= 0.3 is 0 Å². The maximum atomic E-state index is 4.62. The number of nitrogens with one attached hydrogen (secondary N) is 1. The van der Waals surface area contributed by atoms with Gasteiger partial charge < -0.3 is 5.32 Å². The molecule has 136 valence electrons. The first-order valence-electron chi connectivity index (χ1n) is 9.43. The van der Waals surface area contributed by atoms with Gasteiger partial charge in [0.15, 0.2) is 0 Å². The normalized spacial score (nSPS) is 17.3. The molecular weight excluding hydrogens is 338 g/mol. The number of hydrogen-bond acceptors (Lipinski definition) is 4. The molecule has 0 radical (unpaired) electrons. The van der Waals surface area contributed by atoms with Crippen molar-refractivity contribution in [3.05, 3.63) is 46.1 Å². The van der Waals surface area contributed by atoms with Gasteiger partial charge in [0.25, 0.3) is 0 Å². The van der Waals surface area contributed by atoms with Gasteiger partial charge in [-0.3, -0.25) is 0 Å². The van der Waals surface area contributed by atoms with E-state index in [2.05, 4.69) is 68.1 Å². The first-order chi connectivity index (χ1) is 12.3. The van der Waals surface area contributed by atoms with E-state index in [4.69, 9.17) is 0 Å². The molecule has 0 aliphatic heterocycles. The van der Waals surface area contributed by atoms with Gasteiger partial charge in [-0.2, -0.15) is 0 Å². The molecule has 0 saturated carbocycles. The van der Waals surface area contributed by atoms with Crippen LogP contribution in [0.2, 0.25) is 0 Å². The third kappa shape index (κ3) is 3.01. The fourth-order valence-electron chi connectivity index (χ4n) is 4.07. The Morgan fingerprint density at radius 3 is 2.54 bits per heavy atom. The molecule has 4 heteroatoms. The highest BCUT2D eigenvalue weighted by atomic mass is 32.1. The summed E-state index contributed by atoms with van der Waals surface area (Å²) in [7, 11) is 0. The smallest absolute Gasteiger partial charge is 0.142 e. The standard InChI is InChI=1S/C22H27N3S/c1-13-7-6-8-14(2)19(13)25-20-18-16-10-9-15(22(3,4)5)11-17(16)26-21(18)24-12-23-20/h6-8,12,15H,9-11H2,1-5H3,(H,23,24,25). The molecule has 0 fully saturated rings. The SMILES string of the molecule is Cc1cccc(C)c1Nc1ncnc2sc3c(c12)CCC(C(C)(C)C)C3. The zero-order chi connectivity index (χ0) is 18.5. The Balaban J connectivity index is 1.78. The maximum Gasteiger partial charge on any atom is 0.142 e. The van der Waals surface area contributed by atoms with E-state index in [1.807, 2.05) is 11.3 Å². The Bertz CT molecular complexity index is 945. The second kappa shape index (κ2) is 6.34. The van der Waals surface area contributed by atoms with Crippen LogP contribution >= 0.6 is 11.3 Å². The highest BCUT2D eigenvalue weighted by Gasteiger charge is 2.31. The lowest BCUT2D eigenvalue weighted by Gasteiger charge is -2.33. The highest BCUT2D eigenvalue weighted by molar-refractivity contribution is 7.19. The summed E-state index contributed by atoms with van der Waals surface area (Å²) in [5.41, 5.74) is 5.48. The summed E-state index contributed by atoms with van der Waals surface area (Å²) in [4.78, 5) is 11.8. The molecule has 3 aromatic rings. The molecule has 1 atom stereocenters. The predicted octanol–water partition coefficient (Wildman–Crippen LogP) is 6.20. The second-order valence-electron chi connectivity index (χ2n) is 8.60. The number of rotatable bonds is 2. The molecule has 0 saturated heterocycles. The van der Waals surface area contributed by atoms with Crippen LogP contribution in [0.1, 0.15) is 48.8 Å². The molecule has 2 heterocycles. The van der Waals surface area contributed by atoms with E-state index in [9.17, 15) is 0 Å². The topological polar surface area (TPSA) is 37.8 Å².